The molecule has 0 heterocycles. The molecule has 0 saturated carbocycles. The van der Waals surface area contributed by atoms with Crippen LogP contribution in [0, 0.1) is 6.92 Å². The smallest absolute Gasteiger partial charge is 0.265 e. The molecule has 2 N–H and O–H groups in total. The van der Waals surface area contributed by atoms with Crippen LogP contribution in [0.5, 0.6) is 5.75 Å². The highest BCUT2D eigenvalue weighted by molar-refractivity contribution is 6.32. The minimum absolute atomic E-state index is 0.177. The summed E-state index contributed by atoms with van der Waals surface area (Å²) in [4.78, 5) is 23.4. The minimum Gasteiger partial charge on any atom is -0.479 e. The van der Waals surface area contributed by atoms with Crippen molar-refractivity contribution in [3.05, 3.63) is 53.1 Å². The van der Waals surface area contributed by atoms with Crippen LogP contribution < -0.4 is 15.4 Å². The number of anilines is 2. The summed E-state index contributed by atoms with van der Waals surface area (Å²) in [5.41, 5.74) is 2.16. The number of aryl methyl sites for hydroxylation is 1. The van der Waals surface area contributed by atoms with E-state index >= 15 is 0 Å². The highest BCUT2D eigenvalue weighted by Crippen LogP contribution is 2.26. The van der Waals surface area contributed by atoms with Gasteiger partial charge >= 0.3 is 0 Å². The van der Waals surface area contributed by atoms with E-state index in [2.05, 4.69) is 10.6 Å². The van der Waals surface area contributed by atoms with Gasteiger partial charge in [0.05, 0.1) is 5.02 Å². The zero-order valence-electron chi connectivity index (χ0n) is 13.7. The van der Waals surface area contributed by atoms with Gasteiger partial charge in [-0.1, -0.05) is 23.7 Å². The molecule has 0 aliphatic heterocycles. The number of ether oxygens (including phenoxy) is 1. The van der Waals surface area contributed by atoms with Gasteiger partial charge in [0.2, 0.25) is 5.91 Å². The summed E-state index contributed by atoms with van der Waals surface area (Å²) in [5, 5.41) is 5.87. The van der Waals surface area contributed by atoms with Crippen molar-refractivity contribution in [1.82, 2.24) is 0 Å². The largest absolute Gasteiger partial charge is 0.479 e. The van der Waals surface area contributed by atoms with Gasteiger partial charge in [-0.25, -0.2) is 0 Å². The van der Waals surface area contributed by atoms with Crippen LogP contribution in [0.25, 0.3) is 0 Å². The molecule has 0 aliphatic rings. The molecule has 0 spiro atoms. The van der Waals surface area contributed by atoms with E-state index in [4.69, 9.17) is 16.3 Å². The molecule has 2 amide bonds. The van der Waals surface area contributed by atoms with Gasteiger partial charge in [-0.05, 0) is 49.7 Å². The van der Waals surface area contributed by atoms with Gasteiger partial charge in [0.25, 0.3) is 5.91 Å². The highest BCUT2D eigenvalue weighted by Gasteiger charge is 2.16. The Morgan fingerprint density at radius 2 is 1.75 bits per heavy atom. The molecule has 0 aliphatic carbocycles. The third-order valence-corrected chi connectivity index (χ3v) is 3.52. The van der Waals surface area contributed by atoms with Crippen LogP contribution in [0.4, 0.5) is 11.4 Å². The lowest BCUT2D eigenvalue weighted by Gasteiger charge is -2.16. The maximum absolute atomic E-state index is 12.3. The molecule has 0 aromatic heterocycles. The van der Waals surface area contributed by atoms with Crippen molar-refractivity contribution >= 4 is 34.8 Å². The van der Waals surface area contributed by atoms with Crippen LogP contribution in [-0.2, 0) is 9.59 Å². The fraction of sp³-hybridized carbons (Fsp3) is 0.222. The lowest BCUT2D eigenvalue weighted by atomic mass is 10.2. The monoisotopic (exact) mass is 346 g/mol. The standard InChI is InChI=1S/C18H19ClN2O3/c1-11-7-8-16(19)17(9-11)24-12(2)18(23)21-15-6-4-5-14(10-15)20-13(3)22/h4-10,12H,1-3H3,(H,20,22)(H,21,23). The summed E-state index contributed by atoms with van der Waals surface area (Å²) in [6.07, 6.45) is -0.728. The van der Waals surface area contributed by atoms with Gasteiger partial charge in [-0.3, -0.25) is 9.59 Å². The second-order valence-electron chi connectivity index (χ2n) is 5.45. The van der Waals surface area contributed by atoms with Gasteiger partial charge in [-0.2, -0.15) is 0 Å². The van der Waals surface area contributed by atoms with E-state index in [0.29, 0.717) is 22.1 Å². The lowest BCUT2D eigenvalue weighted by Crippen LogP contribution is -2.30. The lowest BCUT2D eigenvalue weighted by molar-refractivity contribution is -0.122. The average molecular weight is 347 g/mol. The summed E-state index contributed by atoms with van der Waals surface area (Å²) in [6, 6.07) is 12.3. The molecule has 1 unspecified atom stereocenters. The van der Waals surface area contributed by atoms with Gasteiger partial charge in [0.15, 0.2) is 6.10 Å². The summed E-state index contributed by atoms with van der Waals surface area (Å²) in [6.45, 7) is 4.99. The number of carbonyl (C=O) groups is 2. The van der Waals surface area contributed by atoms with Crippen molar-refractivity contribution in [2.45, 2.75) is 26.9 Å². The van der Waals surface area contributed by atoms with E-state index in [-0.39, 0.29) is 11.8 Å². The van der Waals surface area contributed by atoms with Crippen molar-refractivity contribution in [3.63, 3.8) is 0 Å². The summed E-state index contributed by atoms with van der Waals surface area (Å²) in [5.74, 6) is -0.0249. The second kappa shape index (κ2) is 7.84. The molecule has 24 heavy (non-hydrogen) atoms. The Hall–Kier alpha value is -2.53. The molecule has 0 saturated heterocycles. The maximum Gasteiger partial charge on any atom is 0.265 e. The van der Waals surface area contributed by atoms with Crippen molar-refractivity contribution in [1.29, 1.82) is 0 Å². The summed E-state index contributed by atoms with van der Waals surface area (Å²) in [7, 11) is 0. The molecule has 2 rings (SSSR count). The number of amides is 2. The van der Waals surface area contributed by atoms with E-state index in [1.54, 1.807) is 43.3 Å². The first-order chi connectivity index (χ1) is 11.3. The van der Waals surface area contributed by atoms with E-state index in [9.17, 15) is 9.59 Å². The predicted molar refractivity (Wildman–Crippen MR) is 95.7 cm³/mol. The third kappa shape index (κ3) is 4.99. The van der Waals surface area contributed by atoms with Gasteiger partial charge in [-0.15, -0.1) is 0 Å². The number of hydrogen-bond donors (Lipinski definition) is 2. The first-order valence-corrected chi connectivity index (χ1v) is 7.84. The van der Waals surface area contributed by atoms with E-state index in [1.165, 1.54) is 6.92 Å². The number of halogens is 1. The van der Waals surface area contributed by atoms with Crippen LogP contribution in [0.1, 0.15) is 19.4 Å². The maximum atomic E-state index is 12.3. The second-order valence-corrected chi connectivity index (χ2v) is 5.85. The van der Waals surface area contributed by atoms with Gasteiger partial charge < -0.3 is 15.4 Å². The molecule has 1 atom stereocenters. The Morgan fingerprint density at radius 3 is 2.42 bits per heavy atom. The van der Waals surface area contributed by atoms with Gasteiger partial charge in [0, 0.05) is 18.3 Å². The van der Waals surface area contributed by atoms with Crippen LogP contribution in [0.2, 0.25) is 5.02 Å². The first kappa shape index (κ1) is 17.8. The molecule has 5 nitrogen and oxygen atoms in total. The fourth-order valence-electron chi connectivity index (χ4n) is 2.07. The van der Waals surface area contributed by atoms with Crippen molar-refractivity contribution < 1.29 is 14.3 Å². The molecular formula is C18H19ClN2O3. The van der Waals surface area contributed by atoms with Crippen LogP contribution in [-0.4, -0.2) is 17.9 Å². The van der Waals surface area contributed by atoms with Crippen molar-refractivity contribution in [3.8, 4) is 5.75 Å². The van der Waals surface area contributed by atoms with E-state index in [0.717, 1.165) is 5.56 Å². The van der Waals surface area contributed by atoms with Crippen LogP contribution in [0.15, 0.2) is 42.5 Å². The number of hydrogen-bond acceptors (Lipinski definition) is 3. The Bertz CT molecular complexity index is 762. The van der Waals surface area contributed by atoms with Crippen LogP contribution in [0.3, 0.4) is 0 Å². The first-order valence-electron chi connectivity index (χ1n) is 7.46. The molecule has 0 fully saturated rings. The fourth-order valence-corrected chi connectivity index (χ4v) is 2.23. The normalized spacial score (nSPS) is 11.5. The van der Waals surface area contributed by atoms with Gasteiger partial charge in [0.1, 0.15) is 5.75 Å². The highest BCUT2D eigenvalue weighted by atomic mass is 35.5. The average Bonchev–Trinajstić information content (AvgIpc) is 2.50. The number of rotatable bonds is 5. The molecule has 6 heteroatoms. The van der Waals surface area contributed by atoms with E-state index < -0.39 is 6.10 Å². The van der Waals surface area contributed by atoms with Crippen molar-refractivity contribution in [2.75, 3.05) is 10.6 Å². The number of benzene rings is 2. The Kier molecular flexibility index (Phi) is 5.82. The summed E-state index contributed by atoms with van der Waals surface area (Å²) >= 11 is 6.08. The van der Waals surface area contributed by atoms with Crippen molar-refractivity contribution in [2.24, 2.45) is 0 Å². The molecule has 2 aromatic rings. The zero-order chi connectivity index (χ0) is 17.7. The Morgan fingerprint density at radius 1 is 1.08 bits per heavy atom. The molecule has 2 aromatic carbocycles. The quantitative estimate of drug-likeness (QED) is 0.859. The minimum atomic E-state index is -0.728. The predicted octanol–water partition coefficient (Wildman–Crippen LogP) is 4.01. The Labute approximate surface area is 146 Å². The van der Waals surface area contributed by atoms with Crippen LogP contribution >= 0.6 is 11.6 Å². The molecule has 0 bridgehead atoms. The van der Waals surface area contributed by atoms with E-state index in [1.807, 2.05) is 13.0 Å². The number of nitrogens with one attached hydrogen (secondary N) is 2. The number of carbonyl (C=O) groups excluding carboxylic acids is 2. The zero-order valence-corrected chi connectivity index (χ0v) is 14.5. The topological polar surface area (TPSA) is 67.4 Å². The third-order valence-electron chi connectivity index (χ3n) is 3.21. The molecular weight excluding hydrogens is 328 g/mol. The molecule has 0 radical (unpaired) electrons. The Balaban J connectivity index is 2.03. The summed E-state index contributed by atoms with van der Waals surface area (Å²) < 4.78 is 5.64. The molecule has 126 valence electrons. The SMILES string of the molecule is CC(=O)Nc1cccc(NC(=O)C(C)Oc2cc(C)ccc2Cl)c1.